The standard InChI is InChI=1S/C6H12N3O2/c1-2-4(3-5(10)11)9-6(7)8/h4H,1-3H2,(H,10,11)(H4,7,8,9). The third kappa shape index (κ3) is 5.20. The molecular weight excluding hydrogens is 146 g/mol. The van der Waals surface area contributed by atoms with Crippen LogP contribution < -0.4 is 11.1 Å². The normalized spacial score (nSPS) is 12.1. The fourth-order valence-corrected chi connectivity index (χ4v) is 0.656. The number of aliphatic carboxylic acids is 1. The van der Waals surface area contributed by atoms with Gasteiger partial charge in [-0.25, -0.2) is 0 Å². The first-order valence-corrected chi connectivity index (χ1v) is 3.18. The Morgan fingerprint density at radius 3 is 2.64 bits per heavy atom. The van der Waals surface area contributed by atoms with Crippen LogP contribution >= 0.6 is 0 Å². The number of nitrogens with one attached hydrogen (secondary N) is 2. The average Bonchev–Trinajstić information content (AvgIpc) is 1.84. The first kappa shape index (κ1) is 9.74. The van der Waals surface area contributed by atoms with Crippen LogP contribution in [0.4, 0.5) is 0 Å². The molecule has 0 bridgehead atoms. The molecule has 0 aliphatic heterocycles. The lowest BCUT2D eigenvalue weighted by Gasteiger charge is -2.13. The Labute approximate surface area is 65.1 Å². The highest BCUT2D eigenvalue weighted by Gasteiger charge is 2.10. The third-order valence-corrected chi connectivity index (χ3v) is 1.13. The zero-order valence-electron chi connectivity index (χ0n) is 6.13. The van der Waals surface area contributed by atoms with Gasteiger partial charge in [0, 0.05) is 6.04 Å². The summed E-state index contributed by atoms with van der Waals surface area (Å²) in [5.74, 6) is -1.15. The van der Waals surface area contributed by atoms with E-state index in [-0.39, 0.29) is 18.4 Å². The summed E-state index contributed by atoms with van der Waals surface area (Å²) in [5, 5.41) is 17.6. The van der Waals surface area contributed by atoms with Gasteiger partial charge in [0.05, 0.1) is 6.42 Å². The quantitative estimate of drug-likeness (QED) is 0.328. The van der Waals surface area contributed by atoms with Crippen molar-refractivity contribution in [3.05, 3.63) is 6.92 Å². The topological polar surface area (TPSA) is 99.2 Å². The summed E-state index contributed by atoms with van der Waals surface area (Å²) in [7, 11) is 0. The molecule has 1 radical (unpaired) electrons. The molecule has 11 heavy (non-hydrogen) atoms. The number of carbonyl (C=O) groups is 1. The molecule has 5 N–H and O–H groups in total. The monoisotopic (exact) mass is 158 g/mol. The van der Waals surface area contributed by atoms with Gasteiger partial charge in [0.2, 0.25) is 0 Å². The molecule has 0 rings (SSSR count). The van der Waals surface area contributed by atoms with Crippen LogP contribution in [0.15, 0.2) is 0 Å². The summed E-state index contributed by atoms with van der Waals surface area (Å²) in [6.45, 7) is 3.51. The van der Waals surface area contributed by atoms with Crippen LogP contribution in [-0.2, 0) is 4.79 Å². The molecule has 0 aliphatic rings. The Morgan fingerprint density at radius 1 is 1.82 bits per heavy atom. The molecule has 1 unspecified atom stereocenters. The molecule has 0 fully saturated rings. The number of carboxylic acid groups (broad SMARTS) is 1. The number of hydrogen-bond donors (Lipinski definition) is 4. The third-order valence-electron chi connectivity index (χ3n) is 1.13. The minimum Gasteiger partial charge on any atom is -0.481 e. The highest BCUT2D eigenvalue weighted by molar-refractivity contribution is 5.76. The van der Waals surface area contributed by atoms with E-state index in [4.69, 9.17) is 16.2 Å². The Balaban J connectivity index is 3.76. The molecule has 5 heteroatoms. The maximum atomic E-state index is 10.2. The van der Waals surface area contributed by atoms with E-state index in [0.29, 0.717) is 6.42 Å². The van der Waals surface area contributed by atoms with Crippen molar-refractivity contribution < 1.29 is 9.90 Å². The Kier molecular flexibility index (Phi) is 4.02. The predicted molar refractivity (Wildman–Crippen MR) is 41.1 cm³/mol. The Bertz CT molecular complexity index is 142. The van der Waals surface area contributed by atoms with Gasteiger partial charge in [-0.1, -0.05) is 6.92 Å². The zero-order chi connectivity index (χ0) is 8.85. The highest BCUT2D eigenvalue weighted by atomic mass is 16.4. The average molecular weight is 158 g/mol. The summed E-state index contributed by atoms with van der Waals surface area (Å²) in [4.78, 5) is 10.2. The van der Waals surface area contributed by atoms with Crippen LogP contribution in [0.25, 0.3) is 0 Å². The van der Waals surface area contributed by atoms with Gasteiger partial charge in [0.15, 0.2) is 5.96 Å². The van der Waals surface area contributed by atoms with E-state index < -0.39 is 5.97 Å². The van der Waals surface area contributed by atoms with Crippen LogP contribution in [-0.4, -0.2) is 23.1 Å². The van der Waals surface area contributed by atoms with Gasteiger partial charge in [-0.2, -0.15) is 0 Å². The zero-order valence-corrected chi connectivity index (χ0v) is 6.13. The lowest BCUT2D eigenvalue weighted by atomic mass is 10.1. The van der Waals surface area contributed by atoms with Gasteiger partial charge in [-0.15, -0.1) is 0 Å². The first-order valence-electron chi connectivity index (χ1n) is 3.18. The molecular formula is C6H12N3O2. The molecule has 0 aromatic carbocycles. The van der Waals surface area contributed by atoms with E-state index in [0.717, 1.165) is 0 Å². The van der Waals surface area contributed by atoms with Crippen molar-refractivity contribution in [1.29, 1.82) is 5.41 Å². The SMILES string of the molecule is [CH2]CC(CC(=O)O)NC(=N)N. The minimum absolute atomic E-state index is 0.0664. The van der Waals surface area contributed by atoms with Crippen LogP contribution in [0.2, 0.25) is 0 Å². The van der Waals surface area contributed by atoms with Crippen LogP contribution in [0, 0.1) is 12.3 Å². The molecule has 0 aromatic heterocycles. The lowest BCUT2D eigenvalue weighted by molar-refractivity contribution is -0.137. The summed E-state index contributed by atoms with van der Waals surface area (Å²) < 4.78 is 0. The van der Waals surface area contributed by atoms with E-state index in [9.17, 15) is 4.79 Å². The molecule has 5 nitrogen and oxygen atoms in total. The van der Waals surface area contributed by atoms with Crippen molar-refractivity contribution in [3.63, 3.8) is 0 Å². The fraction of sp³-hybridized carbons (Fsp3) is 0.500. The van der Waals surface area contributed by atoms with Gasteiger partial charge < -0.3 is 16.2 Å². The maximum Gasteiger partial charge on any atom is 0.305 e. The fourth-order valence-electron chi connectivity index (χ4n) is 0.656. The molecule has 0 heterocycles. The van der Waals surface area contributed by atoms with Crippen molar-refractivity contribution in [2.24, 2.45) is 5.73 Å². The van der Waals surface area contributed by atoms with Gasteiger partial charge in [0.25, 0.3) is 0 Å². The number of carboxylic acids is 1. The van der Waals surface area contributed by atoms with Gasteiger partial charge in [0.1, 0.15) is 0 Å². The van der Waals surface area contributed by atoms with E-state index in [1.54, 1.807) is 0 Å². The lowest BCUT2D eigenvalue weighted by Crippen LogP contribution is -2.40. The molecule has 0 aliphatic carbocycles. The second-order valence-electron chi connectivity index (χ2n) is 2.14. The number of hydrogen-bond acceptors (Lipinski definition) is 2. The molecule has 0 spiro atoms. The van der Waals surface area contributed by atoms with Crippen LogP contribution in [0.5, 0.6) is 0 Å². The number of nitrogens with two attached hydrogens (primary N) is 1. The highest BCUT2D eigenvalue weighted by Crippen LogP contribution is 1.95. The van der Waals surface area contributed by atoms with Crippen molar-refractivity contribution in [1.82, 2.24) is 5.32 Å². The van der Waals surface area contributed by atoms with E-state index >= 15 is 0 Å². The maximum absolute atomic E-state index is 10.2. The summed E-state index contributed by atoms with van der Waals surface area (Å²) in [6, 6.07) is -0.343. The first-order chi connectivity index (χ1) is 5.06. The minimum atomic E-state index is -0.924. The van der Waals surface area contributed by atoms with E-state index in [1.165, 1.54) is 0 Å². The molecule has 0 amide bonds. The second kappa shape index (κ2) is 4.54. The van der Waals surface area contributed by atoms with Gasteiger partial charge >= 0.3 is 5.97 Å². The summed E-state index contributed by atoms with van der Waals surface area (Å²) in [5.41, 5.74) is 5.00. The molecule has 0 saturated heterocycles. The number of guanidine groups is 1. The Hall–Kier alpha value is -1.26. The van der Waals surface area contributed by atoms with Gasteiger partial charge in [-0.05, 0) is 6.42 Å². The van der Waals surface area contributed by atoms with E-state index in [2.05, 4.69) is 12.2 Å². The van der Waals surface area contributed by atoms with Crippen molar-refractivity contribution >= 4 is 11.9 Å². The van der Waals surface area contributed by atoms with Crippen molar-refractivity contribution in [3.8, 4) is 0 Å². The van der Waals surface area contributed by atoms with Crippen LogP contribution in [0.3, 0.4) is 0 Å². The van der Waals surface area contributed by atoms with Crippen molar-refractivity contribution in [2.45, 2.75) is 18.9 Å². The van der Waals surface area contributed by atoms with Gasteiger partial charge in [-0.3, -0.25) is 10.2 Å². The molecule has 63 valence electrons. The molecule has 0 saturated carbocycles. The summed E-state index contributed by atoms with van der Waals surface area (Å²) in [6.07, 6.45) is 0.328. The largest absolute Gasteiger partial charge is 0.481 e. The van der Waals surface area contributed by atoms with E-state index in [1.807, 2.05) is 0 Å². The van der Waals surface area contributed by atoms with Crippen LogP contribution in [0.1, 0.15) is 12.8 Å². The smallest absolute Gasteiger partial charge is 0.305 e. The van der Waals surface area contributed by atoms with Crippen molar-refractivity contribution in [2.75, 3.05) is 0 Å². The second-order valence-corrected chi connectivity index (χ2v) is 2.14. The molecule has 0 aromatic rings. The number of rotatable bonds is 4. The summed E-state index contributed by atoms with van der Waals surface area (Å²) >= 11 is 0. The Morgan fingerprint density at radius 2 is 2.36 bits per heavy atom. The molecule has 1 atom stereocenters. The predicted octanol–water partition coefficient (Wildman–Crippen LogP) is -0.463.